The Balaban J connectivity index is 1.96. The van der Waals surface area contributed by atoms with Gasteiger partial charge in [0.2, 0.25) is 5.91 Å². The first-order valence-corrected chi connectivity index (χ1v) is 11.6. The zero-order valence-corrected chi connectivity index (χ0v) is 20.3. The molecule has 0 saturated heterocycles. The van der Waals surface area contributed by atoms with E-state index in [-0.39, 0.29) is 11.8 Å². The van der Waals surface area contributed by atoms with Crippen LogP contribution in [0, 0.1) is 24.2 Å². The number of nitriles is 1. The molecule has 1 heterocycles. The van der Waals surface area contributed by atoms with Gasteiger partial charge in [-0.05, 0) is 63.1 Å². The van der Waals surface area contributed by atoms with Gasteiger partial charge in [-0.2, -0.15) is 5.26 Å². The lowest BCUT2D eigenvalue weighted by molar-refractivity contribution is -0.121. The van der Waals surface area contributed by atoms with E-state index in [1.165, 1.54) is 11.8 Å². The number of benzene rings is 2. The average Bonchev–Trinajstić information content (AvgIpc) is 3.17. The molecule has 2 aromatic carbocycles. The maximum atomic E-state index is 12.9. The van der Waals surface area contributed by atoms with Crippen molar-refractivity contribution in [1.82, 2.24) is 20.1 Å². The predicted octanol–water partition coefficient (Wildman–Crippen LogP) is 5.43. The average molecular weight is 468 g/mol. The topological polar surface area (TPSA) is 83.6 Å². The minimum atomic E-state index is -0.939. The number of thioether (sulfide) groups is 1. The second kappa shape index (κ2) is 9.76. The molecule has 0 fully saturated rings. The first kappa shape index (κ1) is 23.8. The molecule has 2 atom stereocenters. The molecule has 0 aliphatic heterocycles. The van der Waals surface area contributed by atoms with Gasteiger partial charge in [-0.3, -0.25) is 9.36 Å². The maximum Gasteiger partial charge on any atom is 0.234 e. The van der Waals surface area contributed by atoms with Gasteiger partial charge in [0, 0.05) is 16.3 Å². The Kier molecular flexibility index (Phi) is 7.27. The van der Waals surface area contributed by atoms with Gasteiger partial charge >= 0.3 is 0 Å². The van der Waals surface area contributed by atoms with Crippen molar-refractivity contribution < 1.29 is 4.79 Å². The van der Waals surface area contributed by atoms with Crippen molar-refractivity contribution in [3.8, 4) is 23.1 Å². The van der Waals surface area contributed by atoms with Gasteiger partial charge in [0.1, 0.15) is 5.54 Å². The van der Waals surface area contributed by atoms with Crippen LogP contribution in [0.25, 0.3) is 17.1 Å². The molecule has 3 rings (SSSR count). The Morgan fingerprint density at radius 1 is 1.12 bits per heavy atom. The standard InChI is InChI=1S/C24H26ClN5OS/c1-15(2)24(5,14-26)27-22(31)17(4)32-23-29-28-21(18-8-10-19(25)11-9-18)30(23)20-12-6-16(3)7-13-20/h6-13,15,17H,1-5H3,(H,27,31). The van der Waals surface area contributed by atoms with Crippen LogP contribution in [0.2, 0.25) is 5.02 Å². The molecule has 166 valence electrons. The lowest BCUT2D eigenvalue weighted by Crippen LogP contribution is -2.51. The van der Waals surface area contributed by atoms with Crippen LogP contribution >= 0.6 is 23.4 Å². The van der Waals surface area contributed by atoms with Crippen LogP contribution in [-0.4, -0.2) is 31.5 Å². The molecule has 1 aromatic heterocycles. The molecular formula is C24H26ClN5OS. The largest absolute Gasteiger partial charge is 0.337 e. The van der Waals surface area contributed by atoms with E-state index in [1.807, 2.05) is 73.9 Å². The molecule has 1 N–H and O–H groups in total. The highest BCUT2D eigenvalue weighted by Gasteiger charge is 2.32. The van der Waals surface area contributed by atoms with Gasteiger partial charge in [-0.1, -0.05) is 54.9 Å². The Labute approximate surface area is 198 Å². The number of nitrogens with zero attached hydrogens (tertiary/aromatic N) is 4. The summed E-state index contributed by atoms with van der Waals surface area (Å²) in [7, 11) is 0. The van der Waals surface area contributed by atoms with Crippen LogP contribution in [-0.2, 0) is 4.79 Å². The van der Waals surface area contributed by atoms with Crippen molar-refractivity contribution in [3.63, 3.8) is 0 Å². The van der Waals surface area contributed by atoms with Crippen molar-refractivity contribution in [2.45, 2.75) is 50.6 Å². The summed E-state index contributed by atoms with van der Waals surface area (Å²) in [4.78, 5) is 12.9. The fourth-order valence-electron chi connectivity index (χ4n) is 2.93. The molecule has 8 heteroatoms. The molecule has 0 aliphatic rings. The third kappa shape index (κ3) is 5.14. The maximum absolute atomic E-state index is 12.9. The van der Waals surface area contributed by atoms with E-state index in [1.54, 1.807) is 13.8 Å². The molecule has 32 heavy (non-hydrogen) atoms. The number of hydrogen-bond acceptors (Lipinski definition) is 5. The highest BCUT2D eigenvalue weighted by molar-refractivity contribution is 8.00. The van der Waals surface area contributed by atoms with Gasteiger partial charge < -0.3 is 5.32 Å². The number of carbonyl (C=O) groups is 1. The number of aryl methyl sites for hydroxylation is 1. The first-order valence-electron chi connectivity index (χ1n) is 10.3. The molecule has 0 saturated carbocycles. The number of hydrogen-bond donors (Lipinski definition) is 1. The van der Waals surface area contributed by atoms with E-state index in [0.29, 0.717) is 16.0 Å². The summed E-state index contributed by atoms with van der Waals surface area (Å²) in [6, 6.07) is 17.7. The zero-order chi connectivity index (χ0) is 23.5. The number of aromatic nitrogens is 3. The van der Waals surface area contributed by atoms with Crippen molar-refractivity contribution in [2.75, 3.05) is 0 Å². The minimum absolute atomic E-state index is 0.0265. The molecule has 3 aromatic rings. The Morgan fingerprint density at radius 2 is 1.75 bits per heavy atom. The van der Waals surface area contributed by atoms with Crippen molar-refractivity contribution in [1.29, 1.82) is 5.26 Å². The first-order chi connectivity index (χ1) is 15.1. The minimum Gasteiger partial charge on any atom is -0.337 e. The summed E-state index contributed by atoms with van der Waals surface area (Å²) in [5, 5.41) is 22.0. The molecule has 0 bridgehead atoms. The van der Waals surface area contributed by atoms with E-state index in [9.17, 15) is 10.1 Å². The monoisotopic (exact) mass is 467 g/mol. The summed E-state index contributed by atoms with van der Waals surface area (Å²) in [6.07, 6.45) is 0. The Bertz CT molecular complexity index is 1130. The summed E-state index contributed by atoms with van der Waals surface area (Å²) >= 11 is 7.36. The normalized spacial score (nSPS) is 13.9. The van der Waals surface area contributed by atoms with E-state index in [2.05, 4.69) is 21.6 Å². The fraction of sp³-hybridized carbons (Fsp3) is 0.333. The van der Waals surface area contributed by atoms with Crippen molar-refractivity contribution in [3.05, 3.63) is 59.1 Å². The predicted molar refractivity (Wildman–Crippen MR) is 129 cm³/mol. The van der Waals surface area contributed by atoms with E-state index >= 15 is 0 Å². The van der Waals surface area contributed by atoms with Crippen LogP contribution in [0.3, 0.4) is 0 Å². The van der Waals surface area contributed by atoms with Gasteiger partial charge in [0.05, 0.1) is 11.3 Å². The Hall–Kier alpha value is -2.82. The van der Waals surface area contributed by atoms with E-state index in [0.717, 1.165) is 16.8 Å². The van der Waals surface area contributed by atoms with Crippen LogP contribution in [0.15, 0.2) is 53.7 Å². The highest BCUT2D eigenvalue weighted by atomic mass is 35.5. The second-order valence-corrected chi connectivity index (χ2v) is 9.95. The molecule has 1 amide bonds. The number of nitrogens with one attached hydrogen (secondary N) is 1. The number of amides is 1. The summed E-state index contributed by atoms with van der Waals surface area (Å²) in [5.74, 6) is 0.408. The molecule has 0 aliphatic carbocycles. The highest BCUT2D eigenvalue weighted by Crippen LogP contribution is 2.31. The number of carbonyl (C=O) groups excluding carboxylic acids is 1. The van der Waals surface area contributed by atoms with Crippen LogP contribution < -0.4 is 5.32 Å². The fourth-order valence-corrected chi connectivity index (χ4v) is 3.92. The molecular weight excluding hydrogens is 442 g/mol. The van der Waals surface area contributed by atoms with Crippen LogP contribution in [0.4, 0.5) is 0 Å². The molecule has 2 unspecified atom stereocenters. The van der Waals surface area contributed by atoms with Gasteiger partial charge in [0.25, 0.3) is 0 Å². The van der Waals surface area contributed by atoms with Crippen LogP contribution in [0.5, 0.6) is 0 Å². The van der Waals surface area contributed by atoms with Crippen LogP contribution in [0.1, 0.15) is 33.3 Å². The number of halogens is 1. The van der Waals surface area contributed by atoms with Gasteiger partial charge in [-0.25, -0.2) is 0 Å². The van der Waals surface area contributed by atoms with Gasteiger partial charge in [-0.15, -0.1) is 10.2 Å². The van der Waals surface area contributed by atoms with E-state index in [4.69, 9.17) is 11.6 Å². The quantitative estimate of drug-likeness (QED) is 0.468. The van der Waals surface area contributed by atoms with E-state index < -0.39 is 10.8 Å². The SMILES string of the molecule is Cc1ccc(-n2c(SC(C)C(=O)NC(C)(C#N)C(C)C)nnc2-c2ccc(Cl)cc2)cc1. The zero-order valence-electron chi connectivity index (χ0n) is 18.8. The molecule has 0 spiro atoms. The summed E-state index contributed by atoms with van der Waals surface area (Å²) in [5.41, 5.74) is 1.96. The molecule has 0 radical (unpaired) electrons. The number of rotatable bonds is 7. The van der Waals surface area contributed by atoms with Crippen molar-refractivity contribution in [2.24, 2.45) is 5.92 Å². The third-order valence-electron chi connectivity index (χ3n) is 5.45. The third-order valence-corrected chi connectivity index (χ3v) is 6.74. The van der Waals surface area contributed by atoms with Crippen molar-refractivity contribution >= 4 is 29.3 Å². The lowest BCUT2D eigenvalue weighted by Gasteiger charge is -2.28. The lowest BCUT2D eigenvalue weighted by atomic mass is 9.90. The smallest absolute Gasteiger partial charge is 0.234 e. The van der Waals surface area contributed by atoms with Gasteiger partial charge in [0.15, 0.2) is 11.0 Å². The molecule has 6 nitrogen and oxygen atoms in total. The summed E-state index contributed by atoms with van der Waals surface area (Å²) in [6.45, 7) is 9.38. The Morgan fingerprint density at radius 3 is 2.31 bits per heavy atom. The second-order valence-electron chi connectivity index (χ2n) is 8.20. The summed E-state index contributed by atoms with van der Waals surface area (Å²) < 4.78 is 1.93.